The van der Waals surface area contributed by atoms with E-state index in [2.05, 4.69) is 39.2 Å². The topological polar surface area (TPSA) is 75.7 Å². The molecule has 166 valence electrons. The summed E-state index contributed by atoms with van der Waals surface area (Å²) >= 11 is 0. The van der Waals surface area contributed by atoms with Gasteiger partial charge < -0.3 is 10.1 Å². The van der Waals surface area contributed by atoms with E-state index in [-0.39, 0.29) is 35.9 Å². The molecule has 0 radical (unpaired) electrons. The molecule has 6 nitrogen and oxygen atoms in total. The molecule has 0 unspecified atom stereocenters. The van der Waals surface area contributed by atoms with Gasteiger partial charge in [-0.3, -0.25) is 4.79 Å². The molecule has 0 aliphatic heterocycles. The maximum absolute atomic E-state index is 12.7. The highest BCUT2D eigenvalue weighted by Crippen LogP contribution is 2.24. The maximum atomic E-state index is 12.7. The number of carbonyl (C=O) groups is 1. The quantitative estimate of drug-likeness (QED) is 0.555. The Kier molecular flexibility index (Phi) is 8.19. The van der Waals surface area contributed by atoms with Gasteiger partial charge in [0.25, 0.3) is 5.91 Å². The number of nitrogens with one attached hydrogen (secondary N) is 1. The number of rotatable bonds is 10. The molecule has 0 aliphatic rings. The summed E-state index contributed by atoms with van der Waals surface area (Å²) in [7, 11) is -3.68. The number of hydrogen-bond donors (Lipinski definition) is 1. The number of ether oxygens (including phenoxy) is 1. The lowest BCUT2D eigenvalue weighted by molar-refractivity contribution is -0.118. The van der Waals surface area contributed by atoms with E-state index in [1.54, 1.807) is 12.1 Å². The lowest BCUT2D eigenvalue weighted by Crippen LogP contribution is -2.31. The minimum atomic E-state index is -3.68. The van der Waals surface area contributed by atoms with Gasteiger partial charge in [-0.25, -0.2) is 8.42 Å². The first-order valence-corrected chi connectivity index (χ1v) is 11.4. The summed E-state index contributed by atoms with van der Waals surface area (Å²) in [6.07, 6.45) is 3.04. The predicted molar refractivity (Wildman–Crippen MR) is 125 cm³/mol. The van der Waals surface area contributed by atoms with Crippen LogP contribution < -0.4 is 10.1 Å². The SMILES string of the molecule is C=CCN(CC=C)S(=O)(=O)c1ccc(NC(=O)COc2ccc(C(C)(C)C)cc2)cc1. The van der Waals surface area contributed by atoms with Crippen molar-refractivity contribution in [2.24, 2.45) is 0 Å². The molecule has 0 bridgehead atoms. The Labute approximate surface area is 185 Å². The third kappa shape index (κ3) is 6.80. The molecule has 0 aromatic heterocycles. The molecule has 7 heteroatoms. The van der Waals surface area contributed by atoms with Crippen molar-refractivity contribution in [1.29, 1.82) is 0 Å². The standard InChI is InChI=1S/C24H30N2O4S/c1-6-16-26(17-7-2)31(28,29)22-14-10-20(11-15-22)25-23(27)18-30-21-12-8-19(9-13-21)24(3,4)5/h6-15H,1-2,16-18H2,3-5H3,(H,25,27). The van der Waals surface area contributed by atoms with E-state index in [9.17, 15) is 13.2 Å². The van der Waals surface area contributed by atoms with Crippen LogP contribution in [0.1, 0.15) is 26.3 Å². The van der Waals surface area contributed by atoms with E-state index in [1.165, 1.54) is 34.2 Å². The molecule has 0 fully saturated rings. The Morgan fingerprint density at radius 1 is 1.00 bits per heavy atom. The van der Waals surface area contributed by atoms with Crippen LogP contribution in [0.15, 0.2) is 78.7 Å². The van der Waals surface area contributed by atoms with Crippen molar-refractivity contribution in [2.75, 3.05) is 25.0 Å². The molecule has 2 rings (SSSR count). The zero-order chi connectivity index (χ0) is 23.1. The molecule has 0 saturated heterocycles. The molecular weight excluding hydrogens is 412 g/mol. The second-order valence-corrected chi connectivity index (χ2v) is 9.97. The zero-order valence-corrected chi connectivity index (χ0v) is 19.1. The lowest BCUT2D eigenvalue weighted by Gasteiger charge is -2.19. The molecule has 1 N–H and O–H groups in total. The highest BCUT2D eigenvalue weighted by molar-refractivity contribution is 7.89. The Hall–Kier alpha value is -2.90. The number of carbonyl (C=O) groups excluding carboxylic acids is 1. The van der Waals surface area contributed by atoms with E-state index in [0.717, 1.165) is 0 Å². The number of benzene rings is 2. The molecule has 2 aromatic rings. The third-order valence-electron chi connectivity index (χ3n) is 4.53. The van der Waals surface area contributed by atoms with Crippen molar-refractivity contribution in [3.63, 3.8) is 0 Å². The van der Waals surface area contributed by atoms with Gasteiger partial charge in [0.2, 0.25) is 10.0 Å². The van der Waals surface area contributed by atoms with Gasteiger partial charge in [-0.15, -0.1) is 13.2 Å². The largest absolute Gasteiger partial charge is 0.484 e. The fourth-order valence-electron chi connectivity index (χ4n) is 2.82. The fraction of sp³-hybridized carbons (Fsp3) is 0.292. The molecule has 1 amide bonds. The highest BCUT2D eigenvalue weighted by Gasteiger charge is 2.22. The van der Waals surface area contributed by atoms with Gasteiger partial charge in [-0.1, -0.05) is 45.1 Å². The Morgan fingerprint density at radius 2 is 1.55 bits per heavy atom. The zero-order valence-electron chi connectivity index (χ0n) is 18.3. The summed E-state index contributed by atoms with van der Waals surface area (Å²) in [6.45, 7) is 13.8. The molecule has 0 aliphatic carbocycles. The van der Waals surface area contributed by atoms with Crippen LogP contribution in [0.2, 0.25) is 0 Å². The van der Waals surface area contributed by atoms with E-state index < -0.39 is 10.0 Å². The summed E-state index contributed by atoms with van der Waals surface area (Å²) < 4.78 is 32.2. The van der Waals surface area contributed by atoms with E-state index in [4.69, 9.17) is 4.74 Å². The number of hydrogen-bond acceptors (Lipinski definition) is 4. The number of sulfonamides is 1. The fourth-order valence-corrected chi connectivity index (χ4v) is 4.20. The number of amides is 1. The Morgan fingerprint density at radius 3 is 2.03 bits per heavy atom. The Balaban J connectivity index is 1.97. The minimum Gasteiger partial charge on any atom is -0.484 e. The first-order valence-electron chi connectivity index (χ1n) is 9.93. The monoisotopic (exact) mass is 442 g/mol. The van der Waals surface area contributed by atoms with Gasteiger partial charge in [0.15, 0.2) is 6.61 Å². The number of anilines is 1. The normalized spacial score (nSPS) is 11.7. The molecule has 0 spiro atoms. The van der Waals surface area contributed by atoms with Crippen molar-refractivity contribution in [2.45, 2.75) is 31.1 Å². The van der Waals surface area contributed by atoms with Crippen molar-refractivity contribution in [3.05, 3.63) is 79.4 Å². The van der Waals surface area contributed by atoms with Crippen molar-refractivity contribution >= 4 is 21.6 Å². The summed E-state index contributed by atoms with van der Waals surface area (Å²) in [4.78, 5) is 12.3. The van der Waals surface area contributed by atoms with Crippen LogP contribution in [0.25, 0.3) is 0 Å². The van der Waals surface area contributed by atoms with E-state index in [0.29, 0.717) is 11.4 Å². The first kappa shape index (κ1) is 24.4. The van der Waals surface area contributed by atoms with Gasteiger partial charge in [0.05, 0.1) is 4.90 Å². The van der Waals surface area contributed by atoms with E-state index >= 15 is 0 Å². The first-order chi connectivity index (χ1) is 14.6. The van der Waals surface area contributed by atoms with Gasteiger partial charge in [0.1, 0.15) is 5.75 Å². The minimum absolute atomic E-state index is 0.0456. The van der Waals surface area contributed by atoms with Gasteiger partial charge >= 0.3 is 0 Å². The van der Waals surface area contributed by atoms with Crippen LogP contribution >= 0.6 is 0 Å². The predicted octanol–water partition coefficient (Wildman–Crippen LogP) is 4.36. The average molecular weight is 443 g/mol. The highest BCUT2D eigenvalue weighted by atomic mass is 32.2. The smallest absolute Gasteiger partial charge is 0.262 e. The summed E-state index contributed by atoms with van der Waals surface area (Å²) in [5.41, 5.74) is 1.71. The van der Waals surface area contributed by atoms with Crippen LogP contribution in [-0.2, 0) is 20.2 Å². The van der Waals surface area contributed by atoms with E-state index in [1.807, 2.05) is 24.3 Å². The summed E-state index contributed by atoms with van der Waals surface area (Å²) in [5.74, 6) is 0.268. The average Bonchev–Trinajstić information content (AvgIpc) is 2.72. The van der Waals surface area contributed by atoms with Crippen LogP contribution in [-0.4, -0.2) is 38.3 Å². The molecule has 0 atom stereocenters. The second-order valence-electron chi connectivity index (χ2n) is 8.03. The van der Waals surface area contributed by atoms with Crippen LogP contribution in [0.4, 0.5) is 5.69 Å². The summed E-state index contributed by atoms with van der Waals surface area (Å²) in [5, 5.41) is 2.70. The van der Waals surface area contributed by atoms with Gasteiger partial charge in [0, 0.05) is 18.8 Å². The maximum Gasteiger partial charge on any atom is 0.262 e. The van der Waals surface area contributed by atoms with Gasteiger partial charge in [-0.05, 0) is 47.4 Å². The van der Waals surface area contributed by atoms with Crippen LogP contribution in [0, 0.1) is 0 Å². The lowest BCUT2D eigenvalue weighted by atomic mass is 9.87. The van der Waals surface area contributed by atoms with Crippen molar-refractivity contribution in [1.82, 2.24) is 4.31 Å². The molecule has 31 heavy (non-hydrogen) atoms. The second kappa shape index (κ2) is 10.4. The summed E-state index contributed by atoms with van der Waals surface area (Å²) in [6, 6.07) is 13.6. The van der Waals surface area contributed by atoms with Crippen molar-refractivity contribution in [3.8, 4) is 5.75 Å². The van der Waals surface area contributed by atoms with Crippen LogP contribution in [0.3, 0.4) is 0 Å². The molecule has 0 heterocycles. The molecule has 0 saturated carbocycles. The van der Waals surface area contributed by atoms with Crippen LogP contribution in [0.5, 0.6) is 5.75 Å². The third-order valence-corrected chi connectivity index (χ3v) is 6.38. The Bertz CT molecular complexity index is 995. The van der Waals surface area contributed by atoms with Crippen molar-refractivity contribution < 1.29 is 17.9 Å². The van der Waals surface area contributed by atoms with Gasteiger partial charge in [-0.2, -0.15) is 4.31 Å². The number of nitrogens with zero attached hydrogens (tertiary/aromatic N) is 1. The molecular formula is C24H30N2O4S. The molecule has 2 aromatic carbocycles.